The van der Waals surface area contributed by atoms with Gasteiger partial charge >= 0.3 is 0 Å². The van der Waals surface area contributed by atoms with Crippen molar-refractivity contribution in [3.05, 3.63) is 42.1 Å². The van der Waals surface area contributed by atoms with E-state index in [2.05, 4.69) is 24.9 Å². The molecule has 2 aliphatic heterocycles. The molecule has 1 amide bonds. The summed E-state index contributed by atoms with van der Waals surface area (Å²) in [7, 11) is 2.20. The molecule has 3 heteroatoms. The van der Waals surface area contributed by atoms with Crippen LogP contribution in [0.2, 0.25) is 0 Å². The van der Waals surface area contributed by atoms with Crippen LogP contribution in [-0.2, 0) is 4.79 Å². The number of hydrogen-bond acceptors (Lipinski definition) is 2. The molecule has 112 valence electrons. The summed E-state index contributed by atoms with van der Waals surface area (Å²) in [6.07, 6.45) is 7.25. The van der Waals surface area contributed by atoms with E-state index in [0.717, 1.165) is 18.5 Å². The zero-order valence-corrected chi connectivity index (χ0v) is 13.0. The second kappa shape index (κ2) is 6.02. The quantitative estimate of drug-likeness (QED) is 0.844. The molecule has 1 fully saturated rings. The number of rotatable bonds is 4. The molecule has 0 radical (unpaired) electrons. The van der Waals surface area contributed by atoms with E-state index in [4.69, 9.17) is 0 Å². The highest BCUT2D eigenvalue weighted by atomic mass is 16.2. The fraction of sp³-hybridized carbons (Fsp3) is 0.500. The largest absolute Gasteiger partial charge is 0.297 e. The topological polar surface area (TPSA) is 23.6 Å². The number of carbonyl (C=O) groups is 1. The van der Waals surface area contributed by atoms with Crippen LogP contribution in [0.1, 0.15) is 39.0 Å². The second-order valence-electron chi connectivity index (χ2n) is 6.14. The average Bonchev–Trinajstić information content (AvgIpc) is 2.71. The molecule has 3 rings (SSSR count). The van der Waals surface area contributed by atoms with Crippen LogP contribution in [0.25, 0.3) is 0 Å². The summed E-state index contributed by atoms with van der Waals surface area (Å²) in [6, 6.07) is 11.2. The Hall–Kier alpha value is -1.61. The first-order valence-electron chi connectivity index (χ1n) is 8.01. The highest BCUT2D eigenvalue weighted by molar-refractivity contribution is 5.96. The Morgan fingerprint density at radius 3 is 2.71 bits per heavy atom. The first kappa shape index (κ1) is 14.3. The standard InChI is InChI=1S/C18H24N2O/c1-3-7-18(21)20(14-8-5-4-6-9-14)17-12-15-10-11-16(13-17)19(15)2/h4-6,8-9,12,15-16H,3,7,10-11,13H2,1-2H3/t15-,16-/m0/s1. The summed E-state index contributed by atoms with van der Waals surface area (Å²) in [6.45, 7) is 2.06. The molecular formula is C18H24N2O. The maximum atomic E-state index is 12.6. The maximum absolute atomic E-state index is 12.6. The van der Waals surface area contributed by atoms with Gasteiger partial charge in [0.2, 0.25) is 5.91 Å². The molecule has 1 saturated heterocycles. The van der Waals surface area contributed by atoms with Crippen LogP contribution in [0.15, 0.2) is 42.1 Å². The predicted molar refractivity (Wildman–Crippen MR) is 86.1 cm³/mol. The molecule has 0 N–H and O–H groups in total. The Kier molecular flexibility index (Phi) is 4.11. The van der Waals surface area contributed by atoms with Gasteiger partial charge in [-0.15, -0.1) is 0 Å². The molecule has 0 aliphatic carbocycles. The lowest BCUT2D eigenvalue weighted by Crippen LogP contribution is -2.40. The Balaban J connectivity index is 1.93. The maximum Gasteiger partial charge on any atom is 0.231 e. The molecule has 2 bridgehead atoms. The Morgan fingerprint density at radius 2 is 2.05 bits per heavy atom. The van der Waals surface area contributed by atoms with Gasteiger partial charge in [0.15, 0.2) is 0 Å². The Labute approximate surface area is 127 Å². The van der Waals surface area contributed by atoms with Crippen molar-refractivity contribution in [2.24, 2.45) is 0 Å². The molecular weight excluding hydrogens is 260 g/mol. The van der Waals surface area contributed by atoms with Gasteiger partial charge in [-0.25, -0.2) is 0 Å². The average molecular weight is 284 g/mol. The zero-order valence-electron chi connectivity index (χ0n) is 13.0. The molecule has 2 atom stereocenters. The van der Waals surface area contributed by atoms with Crippen molar-refractivity contribution in [2.45, 2.75) is 51.1 Å². The minimum Gasteiger partial charge on any atom is -0.297 e. The summed E-state index contributed by atoms with van der Waals surface area (Å²) >= 11 is 0. The molecule has 2 aliphatic rings. The van der Waals surface area contributed by atoms with E-state index in [0.29, 0.717) is 18.5 Å². The van der Waals surface area contributed by atoms with Crippen LogP contribution in [0.5, 0.6) is 0 Å². The smallest absolute Gasteiger partial charge is 0.231 e. The number of nitrogens with zero attached hydrogens (tertiary/aromatic N) is 2. The van der Waals surface area contributed by atoms with Gasteiger partial charge in [0, 0.05) is 36.3 Å². The number of carbonyl (C=O) groups excluding carboxylic acids is 1. The van der Waals surface area contributed by atoms with Crippen LogP contribution in [0.4, 0.5) is 5.69 Å². The molecule has 2 heterocycles. The van der Waals surface area contributed by atoms with Gasteiger partial charge in [0.05, 0.1) is 0 Å². The third-order valence-corrected chi connectivity index (χ3v) is 4.74. The van der Waals surface area contributed by atoms with Crippen LogP contribution >= 0.6 is 0 Å². The van der Waals surface area contributed by atoms with E-state index < -0.39 is 0 Å². The van der Waals surface area contributed by atoms with Gasteiger partial charge in [0.25, 0.3) is 0 Å². The number of para-hydroxylation sites is 1. The van der Waals surface area contributed by atoms with Gasteiger partial charge in [-0.3, -0.25) is 14.6 Å². The van der Waals surface area contributed by atoms with Gasteiger partial charge in [-0.2, -0.15) is 0 Å². The number of hydrogen-bond donors (Lipinski definition) is 0. The van der Waals surface area contributed by atoms with Gasteiger partial charge in [-0.1, -0.05) is 25.1 Å². The summed E-state index contributed by atoms with van der Waals surface area (Å²) in [4.78, 5) is 17.0. The van der Waals surface area contributed by atoms with Crippen LogP contribution < -0.4 is 4.90 Å². The Morgan fingerprint density at radius 1 is 1.29 bits per heavy atom. The lowest BCUT2D eigenvalue weighted by atomic mass is 10.0. The van der Waals surface area contributed by atoms with E-state index in [1.54, 1.807) is 0 Å². The van der Waals surface area contributed by atoms with Crippen molar-refractivity contribution in [3.8, 4) is 0 Å². The number of benzene rings is 1. The first-order valence-corrected chi connectivity index (χ1v) is 8.01. The number of fused-ring (bicyclic) bond motifs is 2. The molecule has 0 aromatic heterocycles. The fourth-order valence-electron chi connectivity index (χ4n) is 3.56. The number of amides is 1. The van der Waals surface area contributed by atoms with Crippen LogP contribution in [-0.4, -0.2) is 29.9 Å². The third kappa shape index (κ3) is 2.75. The van der Waals surface area contributed by atoms with E-state index in [-0.39, 0.29) is 5.91 Å². The third-order valence-electron chi connectivity index (χ3n) is 4.74. The van der Waals surface area contributed by atoms with Crippen LogP contribution in [0, 0.1) is 0 Å². The number of anilines is 1. The van der Waals surface area contributed by atoms with Gasteiger partial charge in [0.1, 0.15) is 0 Å². The minimum atomic E-state index is 0.221. The molecule has 3 nitrogen and oxygen atoms in total. The first-order chi connectivity index (χ1) is 10.2. The van der Waals surface area contributed by atoms with Gasteiger partial charge in [-0.05, 0) is 44.5 Å². The number of likely N-dealkylation sites (N-methyl/N-ethyl adjacent to an activating group) is 1. The van der Waals surface area contributed by atoms with E-state index in [1.165, 1.54) is 18.5 Å². The van der Waals surface area contributed by atoms with E-state index in [9.17, 15) is 4.79 Å². The van der Waals surface area contributed by atoms with Crippen molar-refractivity contribution in [2.75, 3.05) is 11.9 Å². The van der Waals surface area contributed by atoms with Crippen molar-refractivity contribution < 1.29 is 4.79 Å². The SMILES string of the molecule is CCCC(=O)N(C1=C[C@@H]2CC[C@@H](C1)N2C)c1ccccc1. The van der Waals surface area contributed by atoms with Crippen molar-refractivity contribution in [1.82, 2.24) is 4.90 Å². The second-order valence-corrected chi connectivity index (χ2v) is 6.14. The molecule has 1 aromatic rings. The lowest BCUT2D eigenvalue weighted by molar-refractivity contribution is -0.118. The van der Waals surface area contributed by atoms with E-state index >= 15 is 0 Å². The molecule has 0 unspecified atom stereocenters. The molecule has 0 saturated carbocycles. The van der Waals surface area contributed by atoms with E-state index in [1.807, 2.05) is 35.2 Å². The van der Waals surface area contributed by atoms with Gasteiger partial charge < -0.3 is 0 Å². The predicted octanol–water partition coefficient (Wildman–Crippen LogP) is 3.57. The highest BCUT2D eigenvalue weighted by Gasteiger charge is 2.36. The summed E-state index contributed by atoms with van der Waals surface area (Å²) < 4.78 is 0. The Bertz CT molecular complexity index is 537. The fourth-order valence-corrected chi connectivity index (χ4v) is 3.56. The molecule has 1 aromatic carbocycles. The summed E-state index contributed by atoms with van der Waals surface area (Å²) in [5.41, 5.74) is 2.21. The summed E-state index contributed by atoms with van der Waals surface area (Å²) in [5, 5.41) is 0. The highest BCUT2D eigenvalue weighted by Crippen LogP contribution is 2.36. The van der Waals surface area contributed by atoms with Crippen molar-refractivity contribution >= 4 is 11.6 Å². The normalized spacial score (nSPS) is 24.8. The molecule has 21 heavy (non-hydrogen) atoms. The summed E-state index contributed by atoms with van der Waals surface area (Å²) in [5.74, 6) is 0.221. The molecule has 0 spiro atoms. The zero-order chi connectivity index (χ0) is 14.8. The van der Waals surface area contributed by atoms with Crippen LogP contribution in [0.3, 0.4) is 0 Å². The monoisotopic (exact) mass is 284 g/mol. The van der Waals surface area contributed by atoms with Crippen molar-refractivity contribution in [1.29, 1.82) is 0 Å². The van der Waals surface area contributed by atoms with Crippen molar-refractivity contribution in [3.63, 3.8) is 0 Å². The lowest BCUT2D eigenvalue weighted by Gasteiger charge is -2.35. The minimum absolute atomic E-state index is 0.221.